The summed E-state index contributed by atoms with van der Waals surface area (Å²) in [5.74, 6) is -1.13. The first-order chi connectivity index (χ1) is 16.9. The highest BCUT2D eigenvalue weighted by molar-refractivity contribution is 6.39. The average molecular weight is 511 g/mol. The Bertz CT molecular complexity index is 1350. The zero-order valence-corrected chi connectivity index (χ0v) is 20.3. The Morgan fingerprint density at radius 2 is 1.43 bits per heavy atom. The SMILES string of the molecule is COC(=O)c1c(-c2c(Cl)cc(OCc3ccccc3)cc2Cl)nn(-c2ccccc2)c1C(=O)OC. The van der Waals surface area contributed by atoms with Gasteiger partial charge in [0.25, 0.3) is 0 Å². The number of carbonyl (C=O) groups is 2. The van der Waals surface area contributed by atoms with Crippen molar-refractivity contribution in [2.75, 3.05) is 14.2 Å². The number of aromatic nitrogens is 2. The van der Waals surface area contributed by atoms with Crippen LogP contribution in [-0.4, -0.2) is 35.9 Å². The Balaban J connectivity index is 1.85. The van der Waals surface area contributed by atoms with Gasteiger partial charge in [-0.15, -0.1) is 0 Å². The van der Waals surface area contributed by atoms with E-state index in [2.05, 4.69) is 5.10 Å². The van der Waals surface area contributed by atoms with Crippen LogP contribution in [0, 0.1) is 0 Å². The molecule has 35 heavy (non-hydrogen) atoms. The van der Waals surface area contributed by atoms with Gasteiger partial charge in [0.05, 0.1) is 30.0 Å². The molecule has 4 aromatic rings. The summed E-state index contributed by atoms with van der Waals surface area (Å²) in [5.41, 5.74) is 1.59. The maximum atomic E-state index is 12.8. The summed E-state index contributed by atoms with van der Waals surface area (Å²) < 4.78 is 17.0. The fourth-order valence-corrected chi connectivity index (χ4v) is 4.18. The fraction of sp³-hybridized carbons (Fsp3) is 0.115. The van der Waals surface area contributed by atoms with Crippen LogP contribution in [0.3, 0.4) is 0 Å². The van der Waals surface area contributed by atoms with E-state index in [4.69, 9.17) is 37.4 Å². The molecule has 178 valence electrons. The zero-order chi connectivity index (χ0) is 24.9. The third kappa shape index (κ3) is 5.01. The first kappa shape index (κ1) is 24.3. The van der Waals surface area contributed by atoms with Crippen LogP contribution < -0.4 is 4.74 Å². The molecule has 0 fully saturated rings. The van der Waals surface area contributed by atoms with Gasteiger partial charge >= 0.3 is 11.9 Å². The van der Waals surface area contributed by atoms with E-state index in [0.29, 0.717) is 18.0 Å². The second kappa shape index (κ2) is 10.6. The molecular weight excluding hydrogens is 491 g/mol. The monoisotopic (exact) mass is 510 g/mol. The zero-order valence-electron chi connectivity index (χ0n) is 18.8. The summed E-state index contributed by atoms with van der Waals surface area (Å²) in [4.78, 5) is 25.6. The number of benzene rings is 3. The minimum atomic E-state index is -0.792. The molecule has 9 heteroatoms. The highest BCUT2D eigenvalue weighted by atomic mass is 35.5. The number of ether oxygens (including phenoxy) is 3. The Morgan fingerprint density at radius 1 is 0.857 bits per heavy atom. The third-order valence-electron chi connectivity index (χ3n) is 5.16. The minimum absolute atomic E-state index is 0.0747. The molecule has 0 unspecified atom stereocenters. The standard InChI is InChI=1S/C26H20Cl2N2O5/c1-33-25(31)22-23(29-30(24(22)26(32)34-2)17-11-7-4-8-12-17)21-19(27)13-18(14-20(21)28)35-15-16-9-5-3-6-10-16/h3-14H,15H2,1-2H3. The Kier molecular flexibility index (Phi) is 7.39. The molecule has 4 rings (SSSR count). The van der Waals surface area contributed by atoms with Crippen LogP contribution in [-0.2, 0) is 16.1 Å². The summed E-state index contributed by atoms with van der Waals surface area (Å²) in [6.45, 7) is 0.315. The second-order valence-electron chi connectivity index (χ2n) is 7.34. The number of methoxy groups -OCH3 is 2. The molecule has 0 atom stereocenters. The number of carbonyl (C=O) groups excluding carboxylic acids is 2. The van der Waals surface area contributed by atoms with E-state index in [0.717, 1.165) is 5.56 Å². The number of hydrogen-bond acceptors (Lipinski definition) is 6. The van der Waals surface area contributed by atoms with Crippen LogP contribution in [0.5, 0.6) is 5.75 Å². The third-order valence-corrected chi connectivity index (χ3v) is 5.75. The van der Waals surface area contributed by atoms with Gasteiger partial charge in [0.1, 0.15) is 23.6 Å². The molecule has 0 aliphatic carbocycles. The van der Waals surface area contributed by atoms with Crippen molar-refractivity contribution in [1.29, 1.82) is 0 Å². The predicted octanol–water partition coefficient (Wildman–Crippen LogP) is 6.00. The van der Waals surface area contributed by atoms with Crippen molar-refractivity contribution in [2.24, 2.45) is 0 Å². The molecule has 0 aliphatic heterocycles. The van der Waals surface area contributed by atoms with Crippen LogP contribution in [0.25, 0.3) is 16.9 Å². The summed E-state index contributed by atoms with van der Waals surface area (Å²) in [6.07, 6.45) is 0. The van der Waals surface area contributed by atoms with Crippen molar-refractivity contribution < 1.29 is 23.8 Å². The molecule has 0 radical (unpaired) electrons. The van der Waals surface area contributed by atoms with Gasteiger partial charge in [-0.1, -0.05) is 71.7 Å². The van der Waals surface area contributed by atoms with Crippen LogP contribution in [0.4, 0.5) is 0 Å². The second-order valence-corrected chi connectivity index (χ2v) is 8.15. The molecule has 0 N–H and O–H groups in total. The lowest BCUT2D eigenvalue weighted by atomic mass is 10.0. The van der Waals surface area contributed by atoms with Gasteiger partial charge in [-0.3, -0.25) is 0 Å². The number of nitrogens with zero attached hydrogens (tertiary/aromatic N) is 2. The number of rotatable bonds is 7. The van der Waals surface area contributed by atoms with Crippen LogP contribution in [0.2, 0.25) is 10.0 Å². The van der Waals surface area contributed by atoms with Gasteiger partial charge in [-0.05, 0) is 29.8 Å². The first-order valence-corrected chi connectivity index (χ1v) is 11.2. The molecule has 0 amide bonds. The number of esters is 2. The van der Waals surface area contributed by atoms with Crippen LogP contribution in [0.15, 0.2) is 72.8 Å². The average Bonchev–Trinajstić information content (AvgIpc) is 3.27. The molecule has 3 aromatic carbocycles. The van der Waals surface area contributed by atoms with Gasteiger partial charge in [0, 0.05) is 5.56 Å². The highest BCUT2D eigenvalue weighted by Crippen LogP contribution is 2.40. The van der Waals surface area contributed by atoms with E-state index in [1.54, 1.807) is 36.4 Å². The molecule has 1 aromatic heterocycles. The van der Waals surface area contributed by atoms with Crippen molar-refractivity contribution in [3.05, 3.63) is 99.7 Å². The first-order valence-electron chi connectivity index (χ1n) is 10.5. The molecule has 0 bridgehead atoms. The summed E-state index contributed by atoms with van der Waals surface area (Å²) in [5, 5.41) is 4.90. The largest absolute Gasteiger partial charge is 0.489 e. The summed E-state index contributed by atoms with van der Waals surface area (Å²) in [7, 11) is 2.42. The van der Waals surface area contributed by atoms with Gasteiger partial charge in [0.2, 0.25) is 0 Å². The molecule has 0 spiro atoms. The van der Waals surface area contributed by atoms with Gasteiger partial charge < -0.3 is 14.2 Å². The van der Waals surface area contributed by atoms with Gasteiger partial charge in [0.15, 0.2) is 5.69 Å². The fourth-order valence-electron chi connectivity index (χ4n) is 3.53. The van der Waals surface area contributed by atoms with E-state index >= 15 is 0 Å². The van der Waals surface area contributed by atoms with E-state index in [9.17, 15) is 9.59 Å². The smallest absolute Gasteiger partial charge is 0.357 e. The molecular formula is C26H20Cl2N2O5. The number of hydrogen-bond donors (Lipinski definition) is 0. The van der Waals surface area contributed by atoms with Crippen molar-refractivity contribution in [3.8, 4) is 22.7 Å². The lowest BCUT2D eigenvalue weighted by Gasteiger charge is -2.11. The molecule has 0 saturated carbocycles. The number of halogens is 2. The van der Waals surface area contributed by atoms with Gasteiger partial charge in [-0.25, -0.2) is 14.3 Å². The Labute approximate surface area is 211 Å². The quantitative estimate of drug-likeness (QED) is 0.283. The Morgan fingerprint density at radius 3 is 2.00 bits per heavy atom. The van der Waals surface area contributed by atoms with Crippen molar-refractivity contribution >= 4 is 35.1 Å². The lowest BCUT2D eigenvalue weighted by Crippen LogP contribution is -2.15. The maximum absolute atomic E-state index is 12.8. The maximum Gasteiger partial charge on any atom is 0.357 e. The number of para-hydroxylation sites is 1. The van der Waals surface area contributed by atoms with Gasteiger partial charge in [-0.2, -0.15) is 5.10 Å². The predicted molar refractivity (Wildman–Crippen MR) is 132 cm³/mol. The van der Waals surface area contributed by atoms with E-state index in [1.807, 2.05) is 36.4 Å². The molecule has 0 saturated heterocycles. The Hall–Kier alpha value is -3.81. The molecule has 0 aliphatic rings. The summed E-state index contributed by atoms with van der Waals surface area (Å²) >= 11 is 13.2. The van der Waals surface area contributed by atoms with Crippen molar-refractivity contribution in [1.82, 2.24) is 9.78 Å². The minimum Gasteiger partial charge on any atom is -0.489 e. The molecule has 7 nitrogen and oxygen atoms in total. The molecule has 1 heterocycles. The van der Waals surface area contributed by atoms with E-state index in [1.165, 1.54) is 18.9 Å². The van der Waals surface area contributed by atoms with Crippen molar-refractivity contribution in [3.63, 3.8) is 0 Å². The van der Waals surface area contributed by atoms with Crippen LogP contribution >= 0.6 is 23.2 Å². The normalized spacial score (nSPS) is 10.6. The van der Waals surface area contributed by atoms with E-state index < -0.39 is 11.9 Å². The van der Waals surface area contributed by atoms with E-state index in [-0.39, 0.29) is 32.6 Å². The lowest BCUT2D eigenvalue weighted by molar-refractivity contribution is 0.0549. The topological polar surface area (TPSA) is 79.7 Å². The summed E-state index contributed by atoms with van der Waals surface area (Å²) in [6, 6.07) is 21.6. The van der Waals surface area contributed by atoms with Crippen molar-refractivity contribution in [2.45, 2.75) is 6.61 Å². The van der Waals surface area contributed by atoms with Crippen LogP contribution in [0.1, 0.15) is 26.4 Å². The highest BCUT2D eigenvalue weighted by Gasteiger charge is 2.33.